The zero-order valence-corrected chi connectivity index (χ0v) is 10.6. The van der Waals surface area contributed by atoms with Crippen LogP contribution in [0.15, 0.2) is 5.38 Å². The zero-order valence-electron chi connectivity index (χ0n) is 9.75. The summed E-state index contributed by atoms with van der Waals surface area (Å²) in [6, 6.07) is 0. The molecule has 3 nitrogen and oxygen atoms in total. The molecule has 0 amide bonds. The zero-order chi connectivity index (χ0) is 11.1. The molecule has 1 heterocycles. The summed E-state index contributed by atoms with van der Waals surface area (Å²) in [5.41, 5.74) is 1.12. The first kappa shape index (κ1) is 12.6. The largest absolute Gasteiger partial charge is 0.375 e. The molecule has 0 unspecified atom stereocenters. The van der Waals surface area contributed by atoms with Crippen molar-refractivity contribution in [1.29, 1.82) is 0 Å². The Balaban J connectivity index is 2.26. The summed E-state index contributed by atoms with van der Waals surface area (Å²) < 4.78 is 5.30. The smallest absolute Gasteiger partial charge is 0.119 e. The van der Waals surface area contributed by atoms with Crippen molar-refractivity contribution in [1.82, 2.24) is 10.3 Å². The van der Waals surface area contributed by atoms with Gasteiger partial charge in [0.1, 0.15) is 5.01 Å². The molecule has 0 bridgehead atoms. The summed E-state index contributed by atoms with van der Waals surface area (Å²) in [4.78, 5) is 4.48. The Morgan fingerprint density at radius 1 is 1.53 bits per heavy atom. The highest BCUT2D eigenvalue weighted by molar-refractivity contribution is 7.09. The maximum Gasteiger partial charge on any atom is 0.119 e. The Labute approximate surface area is 95.9 Å². The molecule has 1 N–H and O–H groups in total. The van der Waals surface area contributed by atoms with Crippen LogP contribution in [-0.4, -0.2) is 18.1 Å². The van der Waals surface area contributed by atoms with E-state index in [2.05, 4.69) is 29.5 Å². The molecule has 0 saturated carbocycles. The van der Waals surface area contributed by atoms with Gasteiger partial charge < -0.3 is 10.1 Å². The second kappa shape index (κ2) is 6.93. The van der Waals surface area contributed by atoms with Gasteiger partial charge in [-0.2, -0.15) is 0 Å². The maximum atomic E-state index is 5.30. The number of thiazole rings is 1. The van der Waals surface area contributed by atoms with Gasteiger partial charge in [-0.15, -0.1) is 11.3 Å². The van der Waals surface area contributed by atoms with E-state index in [9.17, 15) is 0 Å². The molecule has 4 heteroatoms. The summed E-state index contributed by atoms with van der Waals surface area (Å²) in [5, 5.41) is 6.54. The lowest BCUT2D eigenvalue weighted by molar-refractivity contribution is 0.133. The maximum absolute atomic E-state index is 5.30. The lowest BCUT2D eigenvalue weighted by atomic mass is 10.2. The number of hydrogen-bond donors (Lipinski definition) is 1. The van der Waals surface area contributed by atoms with Crippen LogP contribution in [0.1, 0.15) is 31.5 Å². The van der Waals surface area contributed by atoms with Crippen LogP contribution in [-0.2, 0) is 17.9 Å². The number of aromatic nitrogens is 1. The van der Waals surface area contributed by atoms with Crippen molar-refractivity contribution in [3.8, 4) is 0 Å². The third-order valence-corrected chi connectivity index (χ3v) is 2.76. The molecule has 1 aromatic heterocycles. The minimum atomic E-state index is 0.644. The molecule has 1 aromatic rings. The fourth-order valence-electron chi connectivity index (χ4n) is 1.17. The van der Waals surface area contributed by atoms with Gasteiger partial charge in [-0.3, -0.25) is 0 Å². The van der Waals surface area contributed by atoms with E-state index < -0.39 is 0 Å². The molecular weight excluding hydrogens is 208 g/mol. The normalized spacial score (nSPS) is 11.2. The Hall–Kier alpha value is -0.450. The molecule has 0 saturated heterocycles. The third-order valence-electron chi connectivity index (χ3n) is 1.89. The first-order valence-corrected chi connectivity index (χ1v) is 6.32. The van der Waals surface area contributed by atoms with Crippen LogP contribution >= 0.6 is 11.3 Å². The Bertz CT molecular complexity index is 273. The SMILES string of the molecule is CCOCc1nc(CNCC(C)C)cs1. The van der Waals surface area contributed by atoms with Crippen molar-refractivity contribution >= 4 is 11.3 Å². The average Bonchev–Trinajstić information content (AvgIpc) is 2.62. The predicted octanol–water partition coefficient (Wildman–Crippen LogP) is 2.43. The van der Waals surface area contributed by atoms with Crippen LogP contribution in [0.5, 0.6) is 0 Å². The summed E-state index contributed by atoms with van der Waals surface area (Å²) in [6.07, 6.45) is 0. The molecular formula is C11H20N2OS. The van der Waals surface area contributed by atoms with Crippen molar-refractivity contribution in [2.75, 3.05) is 13.2 Å². The second-order valence-corrected chi connectivity index (χ2v) is 4.84. The predicted molar refractivity (Wildman–Crippen MR) is 64.0 cm³/mol. The standard InChI is InChI=1S/C11H20N2OS/c1-4-14-7-11-13-10(8-15-11)6-12-5-9(2)3/h8-9,12H,4-7H2,1-3H3. The van der Waals surface area contributed by atoms with E-state index in [1.54, 1.807) is 11.3 Å². The minimum absolute atomic E-state index is 0.644. The van der Waals surface area contributed by atoms with E-state index in [4.69, 9.17) is 4.74 Å². The number of ether oxygens (including phenoxy) is 1. The topological polar surface area (TPSA) is 34.1 Å². The fourth-order valence-corrected chi connectivity index (χ4v) is 1.90. The summed E-state index contributed by atoms with van der Waals surface area (Å²) >= 11 is 1.67. The number of nitrogens with one attached hydrogen (secondary N) is 1. The van der Waals surface area contributed by atoms with Crippen molar-refractivity contribution < 1.29 is 4.74 Å². The molecule has 0 aliphatic heterocycles. The number of rotatable bonds is 7. The molecule has 0 aliphatic rings. The van der Waals surface area contributed by atoms with E-state index in [-0.39, 0.29) is 0 Å². The summed E-state index contributed by atoms with van der Waals surface area (Å²) in [7, 11) is 0. The van der Waals surface area contributed by atoms with Crippen molar-refractivity contribution in [2.24, 2.45) is 5.92 Å². The highest BCUT2D eigenvalue weighted by Gasteiger charge is 2.01. The van der Waals surface area contributed by atoms with E-state index in [1.165, 1.54) is 0 Å². The average molecular weight is 228 g/mol. The first-order chi connectivity index (χ1) is 7.22. The second-order valence-electron chi connectivity index (χ2n) is 3.89. The number of nitrogens with zero attached hydrogens (tertiary/aromatic N) is 1. The highest BCUT2D eigenvalue weighted by Crippen LogP contribution is 2.10. The molecule has 0 aromatic carbocycles. The van der Waals surface area contributed by atoms with Crippen LogP contribution in [0.25, 0.3) is 0 Å². The molecule has 0 fully saturated rings. The van der Waals surface area contributed by atoms with Gasteiger partial charge in [0.15, 0.2) is 0 Å². The van der Waals surface area contributed by atoms with Gasteiger partial charge in [-0.25, -0.2) is 4.98 Å². The molecule has 86 valence electrons. The van der Waals surface area contributed by atoms with Crippen LogP contribution in [0.2, 0.25) is 0 Å². The van der Waals surface area contributed by atoms with Crippen LogP contribution < -0.4 is 5.32 Å². The monoisotopic (exact) mass is 228 g/mol. The van der Waals surface area contributed by atoms with Gasteiger partial charge in [0.2, 0.25) is 0 Å². The van der Waals surface area contributed by atoms with Gasteiger partial charge in [0, 0.05) is 18.5 Å². The fraction of sp³-hybridized carbons (Fsp3) is 0.727. The first-order valence-electron chi connectivity index (χ1n) is 5.44. The molecule has 15 heavy (non-hydrogen) atoms. The van der Waals surface area contributed by atoms with Crippen molar-refractivity contribution in [3.05, 3.63) is 16.1 Å². The lowest BCUT2D eigenvalue weighted by Crippen LogP contribution is -2.19. The van der Waals surface area contributed by atoms with E-state index in [0.29, 0.717) is 12.5 Å². The molecule has 0 atom stereocenters. The molecule has 1 rings (SSSR count). The Kier molecular flexibility index (Phi) is 5.83. The van der Waals surface area contributed by atoms with Gasteiger partial charge in [0.25, 0.3) is 0 Å². The molecule has 0 aliphatic carbocycles. The lowest BCUT2D eigenvalue weighted by Gasteiger charge is -2.04. The minimum Gasteiger partial charge on any atom is -0.375 e. The quantitative estimate of drug-likeness (QED) is 0.778. The van der Waals surface area contributed by atoms with E-state index >= 15 is 0 Å². The highest BCUT2D eigenvalue weighted by atomic mass is 32.1. The van der Waals surface area contributed by atoms with Crippen molar-refractivity contribution in [2.45, 2.75) is 33.9 Å². The molecule has 0 spiro atoms. The Morgan fingerprint density at radius 3 is 3.00 bits per heavy atom. The number of hydrogen-bond acceptors (Lipinski definition) is 4. The summed E-state index contributed by atoms with van der Waals surface area (Å²) in [6.45, 7) is 9.70. The van der Waals surface area contributed by atoms with Gasteiger partial charge in [-0.05, 0) is 19.4 Å². The van der Waals surface area contributed by atoms with Crippen LogP contribution in [0.3, 0.4) is 0 Å². The van der Waals surface area contributed by atoms with Gasteiger partial charge in [0.05, 0.1) is 12.3 Å². The summed E-state index contributed by atoms with van der Waals surface area (Å²) in [5.74, 6) is 0.687. The Morgan fingerprint density at radius 2 is 2.33 bits per heavy atom. The van der Waals surface area contributed by atoms with Gasteiger partial charge in [-0.1, -0.05) is 13.8 Å². The van der Waals surface area contributed by atoms with Gasteiger partial charge >= 0.3 is 0 Å². The van der Waals surface area contributed by atoms with Crippen LogP contribution in [0.4, 0.5) is 0 Å². The van der Waals surface area contributed by atoms with Crippen LogP contribution in [0, 0.1) is 5.92 Å². The molecule has 0 radical (unpaired) electrons. The van der Waals surface area contributed by atoms with E-state index in [1.807, 2.05) is 6.92 Å². The van der Waals surface area contributed by atoms with E-state index in [0.717, 1.165) is 30.4 Å². The van der Waals surface area contributed by atoms with Crippen molar-refractivity contribution in [3.63, 3.8) is 0 Å². The third kappa shape index (κ3) is 5.25.